The lowest BCUT2D eigenvalue weighted by Gasteiger charge is -2.37. The number of hydrogen-bond acceptors (Lipinski definition) is 1. The highest BCUT2D eigenvalue weighted by Crippen LogP contribution is 2.60. The molecule has 12 aromatic rings. The normalized spacial score (nSPS) is 13.8. The number of aromatic nitrogens is 1. The van der Waals surface area contributed by atoms with Crippen LogP contribution in [0.25, 0.3) is 54.8 Å². The maximum atomic E-state index is 2.68. The first kappa shape index (κ1) is 38.5. The molecule has 1 aromatic heterocycles. The Morgan fingerprint density at radius 1 is 0.309 bits per heavy atom. The molecule has 11 aromatic carbocycles. The van der Waals surface area contributed by atoms with Gasteiger partial charge in [0, 0.05) is 27.7 Å². The first-order valence-corrected chi connectivity index (χ1v) is 23.7. The van der Waals surface area contributed by atoms with Crippen molar-refractivity contribution >= 4 is 49.6 Å². The molecule has 1 heterocycles. The van der Waals surface area contributed by atoms with Crippen molar-refractivity contribution < 1.29 is 0 Å². The molecule has 2 aliphatic rings. The van der Waals surface area contributed by atoms with Crippen LogP contribution in [0.2, 0.25) is 0 Å². The number of rotatable bonds is 7. The molecule has 2 heteroatoms. The van der Waals surface area contributed by atoms with Crippen LogP contribution in [0.15, 0.2) is 267 Å². The summed E-state index contributed by atoms with van der Waals surface area (Å²) in [6.45, 7) is 0. The Balaban J connectivity index is 1.09. The molecule has 14 rings (SSSR count). The third-order valence-corrected chi connectivity index (χ3v) is 15.1. The van der Waals surface area contributed by atoms with Gasteiger partial charge < -0.3 is 9.47 Å². The van der Waals surface area contributed by atoms with E-state index in [1.807, 2.05) is 0 Å². The smallest absolute Gasteiger partial charge is 0.122 e. The minimum Gasteiger partial charge on any atom is -0.322 e. The molecular weight excluding hydrogens is 821 g/mol. The molecular formula is C66H44N2. The zero-order valence-electron chi connectivity index (χ0n) is 37.3. The predicted octanol–water partition coefficient (Wildman–Crippen LogP) is 16.6. The van der Waals surface area contributed by atoms with Gasteiger partial charge in [-0.05, 0) is 109 Å². The second-order valence-corrected chi connectivity index (χ2v) is 18.3. The Bertz CT molecular complexity index is 3840. The van der Waals surface area contributed by atoms with Gasteiger partial charge in [0.05, 0.1) is 22.1 Å². The Morgan fingerprint density at radius 2 is 0.853 bits per heavy atom. The van der Waals surface area contributed by atoms with E-state index in [2.05, 4.69) is 276 Å². The fourth-order valence-electron chi connectivity index (χ4n) is 12.4. The maximum absolute atomic E-state index is 2.68. The van der Waals surface area contributed by atoms with Crippen LogP contribution in [0, 0.1) is 0 Å². The van der Waals surface area contributed by atoms with E-state index in [9.17, 15) is 0 Å². The van der Waals surface area contributed by atoms with E-state index in [0.29, 0.717) is 0 Å². The second-order valence-electron chi connectivity index (χ2n) is 18.3. The number of anilines is 3. The van der Waals surface area contributed by atoms with Gasteiger partial charge in [0.1, 0.15) is 5.54 Å². The molecule has 0 fully saturated rings. The molecule has 0 saturated heterocycles. The van der Waals surface area contributed by atoms with Crippen molar-refractivity contribution in [3.8, 4) is 22.3 Å². The SMILES string of the molecule is c1ccc(N(c2ccc3c4ccccc4n(C4(c5ccc6ccccc6c5)c5ccccc5-c5ccccc54)c3c2)c2cccc3c2-c2ccccc2C3(c2ccccc2)c2ccccc2)cc1. The first-order valence-electron chi connectivity index (χ1n) is 23.7. The van der Waals surface area contributed by atoms with Gasteiger partial charge in [0.2, 0.25) is 0 Å². The highest BCUT2D eigenvalue weighted by molar-refractivity contribution is 6.11. The quantitative estimate of drug-likeness (QED) is 0.155. The van der Waals surface area contributed by atoms with Crippen LogP contribution in [-0.2, 0) is 11.0 Å². The van der Waals surface area contributed by atoms with Gasteiger partial charge in [-0.1, -0.05) is 224 Å². The predicted molar refractivity (Wildman–Crippen MR) is 283 cm³/mol. The molecule has 0 unspecified atom stereocenters. The van der Waals surface area contributed by atoms with Crippen LogP contribution >= 0.6 is 0 Å². The molecule has 0 amide bonds. The van der Waals surface area contributed by atoms with Crippen LogP contribution in [0.4, 0.5) is 17.1 Å². The summed E-state index contributed by atoms with van der Waals surface area (Å²) in [4.78, 5) is 2.50. The van der Waals surface area contributed by atoms with Crippen LogP contribution in [-0.4, -0.2) is 4.57 Å². The zero-order valence-corrected chi connectivity index (χ0v) is 37.3. The van der Waals surface area contributed by atoms with Crippen LogP contribution in [0.5, 0.6) is 0 Å². The molecule has 2 aliphatic carbocycles. The van der Waals surface area contributed by atoms with Gasteiger partial charge in [-0.3, -0.25) is 0 Å². The van der Waals surface area contributed by atoms with Gasteiger partial charge in [0.25, 0.3) is 0 Å². The number of benzene rings is 11. The van der Waals surface area contributed by atoms with Crippen molar-refractivity contribution in [2.45, 2.75) is 11.0 Å². The topological polar surface area (TPSA) is 8.17 Å². The molecule has 318 valence electrons. The molecule has 68 heavy (non-hydrogen) atoms. The Hall–Kier alpha value is -8.72. The molecule has 0 radical (unpaired) electrons. The van der Waals surface area contributed by atoms with Gasteiger partial charge in [0.15, 0.2) is 0 Å². The maximum Gasteiger partial charge on any atom is 0.122 e. The minimum atomic E-state index is -0.702. The summed E-state index contributed by atoms with van der Waals surface area (Å²) in [6, 6.07) is 99.4. The summed E-state index contributed by atoms with van der Waals surface area (Å²) in [5, 5.41) is 4.90. The molecule has 0 bridgehead atoms. The van der Waals surface area contributed by atoms with E-state index in [1.165, 1.54) is 93.8 Å². The summed E-state index contributed by atoms with van der Waals surface area (Å²) < 4.78 is 2.68. The largest absolute Gasteiger partial charge is 0.322 e. The fourth-order valence-corrected chi connectivity index (χ4v) is 12.4. The molecule has 0 aliphatic heterocycles. The number of fused-ring (bicyclic) bond motifs is 10. The Morgan fingerprint density at radius 3 is 1.56 bits per heavy atom. The van der Waals surface area contributed by atoms with Crippen molar-refractivity contribution in [2.24, 2.45) is 0 Å². The van der Waals surface area contributed by atoms with E-state index in [-0.39, 0.29) is 0 Å². The average molecular weight is 865 g/mol. The van der Waals surface area contributed by atoms with Crippen LogP contribution in [0.3, 0.4) is 0 Å². The Kier molecular flexibility index (Phi) is 8.45. The van der Waals surface area contributed by atoms with Crippen molar-refractivity contribution in [1.29, 1.82) is 0 Å². The molecule has 0 saturated carbocycles. The van der Waals surface area contributed by atoms with Crippen molar-refractivity contribution in [3.63, 3.8) is 0 Å². The second kappa shape index (κ2) is 14.9. The highest BCUT2D eigenvalue weighted by atomic mass is 15.2. The lowest BCUT2D eigenvalue weighted by molar-refractivity contribution is 0.564. The standard InChI is InChI=1S/C66H44N2/c1-4-23-47(24-5-1)65(48-25-6-2-7-26-48)57-33-16-14-32-56(57)64-60(65)36-20-38-62(64)67(50-27-8-3-9-28-50)51-41-42-55-54-31-15-19-37-61(54)68(63(55)44-51)66(49-40-39-45-21-10-11-22-46(45)43-49)58-34-17-12-29-52(58)53-30-13-18-35-59(53)66/h1-44H. The van der Waals surface area contributed by atoms with Gasteiger partial charge in [-0.15, -0.1) is 0 Å². The van der Waals surface area contributed by atoms with Crippen LogP contribution in [0.1, 0.15) is 38.9 Å². The van der Waals surface area contributed by atoms with Gasteiger partial charge in [-0.2, -0.15) is 0 Å². The van der Waals surface area contributed by atoms with Crippen LogP contribution < -0.4 is 4.90 Å². The molecule has 2 nitrogen and oxygen atoms in total. The van der Waals surface area contributed by atoms with Crippen molar-refractivity contribution in [2.75, 3.05) is 4.90 Å². The number of para-hydroxylation sites is 2. The van der Waals surface area contributed by atoms with Crippen molar-refractivity contribution in [1.82, 2.24) is 4.57 Å². The third kappa shape index (κ3) is 5.23. The summed E-state index contributed by atoms with van der Waals surface area (Å²) in [5.74, 6) is 0. The molecule has 0 N–H and O–H groups in total. The highest BCUT2D eigenvalue weighted by Gasteiger charge is 2.49. The minimum absolute atomic E-state index is 0.529. The monoisotopic (exact) mass is 864 g/mol. The summed E-state index contributed by atoms with van der Waals surface area (Å²) >= 11 is 0. The number of nitrogens with zero attached hydrogens (tertiary/aromatic N) is 2. The third-order valence-electron chi connectivity index (χ3n) is 15.1. The Labute approximate surface area is 396 Å². The lowest BCUT2D eigenvalue weighted by Crippen LogP contribution is -2.35. The van der Waals surface area contributed by atoms with E-state index in [1.54, 1.807) is 0 Å². The van der Waals surface area contributed by atoms with E-state index in [0.717, 1.165) is 17.1 Å². The molecule has 0 atom stereocenters. The summed E-state index contributed by atoms with van der Waals surface area (Å²) in [7, 11) is 0. The van der Waals surface area contributed by atoms with E-state index >= 15 is 0 Å². The number of hydrogen-bond donors (Lipinski definition) is 0. The lowest BCUT2D eigenvalue weighted by atomic mass is 9.68. The summed E-state index contributed by atoms with van der Waals surface area (Å²) in [5.41, 5.74) is 18.3. The summed E-state index contributed by atoms with van der Waals surface area (Å²) in [6.07, 6.45) is 0. The zero-order chi connectivity index (χ0) is 44.8. The van der Waals surface area contributed by atoms with Gasteiger partial charge in [-0.25, -0.2) is 0 Å². The fraction of sp³-hybridized carbons (Fsp3) is 0.0303. The van der Waals surface area contributed by atoms with Gasteiger partial charge >= 0.3 is 0 Å². The molecule has 0 spiro atoms. The van der Waals surface area contributed by atoms with E-state index in [4.69, 9.17) is 0 Å². The average Bonchev–Trinajstić information content (AvgIpc) is 4.02. The van der Waals surface area contributed by atoms with E-state index < -0.39 is 11.0 Å². The van der Waals surface area contributed by atoms with Crippen molar-refractivity contribution in [3.05, 3.63) is 306 Å². The first-order chi connectivity index (χ1) is 33.8.